The highest BCUT2D eigenvalue weighted by Gasteiger charge is 2.22. The normalized spacial score (nSPS) is 17.7. The Morgan fingerprint density at radius 1 is 1.22 bits per heavy atom. The van der Waals surface area contributed by atoms with Gasteiger partial charge in [-0.15, -0.1) is 0 Å². The van der Waals surface area contributed by atoms with E-state index in [0.717, 1.165) is 6.29 Å². The van der Waals surface area contributed by atoms with Gasteiger partial charge in [-0.1, -0.05) is 35.3 Å². The third kappa shape index (κ3) is 3.38. The van der Waals surface area contributed by atoms with E-state index in [-0.39, 0.29) is 5.75 Å². The summed E-state index contributed by atoms with van der Waals surface area (Å²) in [6.07, 6.45) is 2.35. The molecule has 0 N–H and O–H groups in total. The number of hydrogen-bond acceptors (Lipinski definition) is 4. The zero-order valence-electron chi connectivity index (χ0n) is 11.9. The van der Waals surface area contributed by atoms with Gasteiger partial charge in [0.05, 0.1) is 5.92 Å². The predicted molar refractivity (Wildman–Crippen MR) is 82.9 cm³/mol. The summed E-state index contributed by atoms with van der Waals surface area (Å²) in [5.41, 5.74) is 1.86. The monoisotopic (exact) mass is 331 g/mol. The fraction of sp³-hybridized carbons (Fsp3) is 0.118. The van der Waals surface area contributed by atoms with E-state index in [0.29, 0.717) is 28.2 Å². The molecule has 23 heavy (non-hydrogen) atoms. The molecule has 1 heterocycles. The number of allylic oxidation sites excluding steroid dienone is 1. The zero-order valence-corrected chi connectivity index (χ0v) is 12.7. The van der Waals surface area contributed by atoms with E-state index in [1.54, 1.807) is 30.3 Å². The molecule has 0 saturated carbocycles. The van der Waals surface area contributed by atoms with Crippen molar-refractivity contribution in [3.05, 3.63) is 71.0 Å². The fourth-order valence-electron chi connectivity index (χ4n) is 2.45. The summed E-state index contributed by atoms with van der Waals surface area (Å²) in [5.74, 6) is -0.148. The number of ether oxygens (including phenoxy) is 1. The van der Waals surface area contributed by atoms with Gasteiger partial charge in [0, 0.05) is 16.9 Å². The predicted octanol–water partition coefficient (Wildman–Crippen LogP) is 2.92. The molecule has 0 spiro atoms. The summed E-state index contributed by atoms with van der Waals surface area (Å²) < 4.78 is 40.5. The molecule has 0 aromatic heterocycles. The van der Waals surface area contributed by atoms with E-state index in [9.17, 15) is 17.9 Å². The van der Waals surface area contributed by atoms with Crippen molar-refractivity contribution in [2.24, 2.45) is 0 Å². The number of carbonyl (C=O) groups excluding carboxylic acids is 1. The SMILES string of the molecule is O=CC1C=C(c2ccc(CS(=O)[O-])cc2)Oc2ccc(F)cc21. The number of aldehydes is 1. The minimum atomic E-state index is -2.14. The van der Waals surface area contributed by atoms with E-state index in [4.69, 9.17) is 4.74 Å². The smallest absolute Gasteiger partial charge is 0.131 e. The van der Waals surface area contributed by atoms with E-state index in [1.807, 2.05) is 0 Å². The molecular formula is C17H12FO4S-. The molecule has 2 aromatic rings. The Morgan fingerprint density at radius 2 is 1.96 bits per heavy atom. The standard InChI is InChI=1S/C17H13FO4S/c18-14-5-6-16-15(8-14)13(9-19)7-17(22-16)12-3-1-11(2-4-12)10-23(20)21/h1-9,13H,10H2,(H,20,21)/p-1. The summed E-state index contributed by atoms with van der Waals surface area (Å²) in [6.45, 7) is 0. The van der Waals surface area contributed by atoms with Crippen molar-refractivity contribution >= 4 is 23.1 Å². The molecule has 2 aromatic carbocycles. The van der Waals surface area contributed by atoms with Crippen molar-refractivity contribution in [1.29, 1.82) is 0 Å². The Bertz CT molecular complexity index is 799. The number of halogens is 1. The first kappa shape index (κ1) is 15.6. The van der Waals surface area contributed by atoms with Gasteiger partial charge in [-0.3, -0.25) is 4.21 Å². The minimum Gasteiger partial charge on any atom is -0.772 e. The summed E-state index contributed by atoms with van der Waals surface area (Å²) in [4.78, 5) is 11.3. The van der Waals surface area contributed by atoms with E-state index >= 15 is 0 Å². The van der Waals surface area contributed by atoms with Gasteiger partial charge in [-0.05, 0) is 29.8 Å². The molecule has 0 amide bonds. The Hall–Kier alpha value is -2.31. The fourth-order valence-corrected chi connectivity index (χ4v) is 2.91. The van der Waals surface area contributed by atoms with Crippen LogP contribution in [-0.2, 0) is 21.6 Å². The maximum absolute atomic E-state index is 13.3. The quantitative estimate of drug-likeness (QED) is 0.638. The molecule has 3 rings (SSSR count). The van der Waals surface area contributed by atoms with Crippen molar-refractivity contribution in [3.63, 3.8) is 0 Å². The van der Waals surface area contributed by atoms with Crippen LogP contribution in [0.3, 0.4) is 0 Å². The molecule has 0 aliphatic carbocycles. The van der Waals surface area contributed by atoms with Gasteiger partial charge in [0.1, 0.15) is 23.6 Å². The molecule has 0 radical (unpaired) electrons. The second kappa shape index (κ2) is 6.44. The Balaban J connectivity index is 1.92. The van der Waals surface area contributed by atoms with E-state index in [2.05, 4.69) is 0 Å². The van der Waals surface area contributed by atoms with Gasteiger partial charge >= 0.3 is 0 Å². The average Bonchev–Trinajstić information content (AvgIpc) is 2.54. The van der Waals surface area contributed by atoms with Crippen LogP contribution in [-0.4, -0.2) is 15.0 Å². The van der Waals surface area contributed by atoms with E-state index < -0.39 is 22.8 Å². The lowest BCUT2D eigenvalue weighted by molar-refractivity contribution is -0.108. The van der Waals surface area contributed by atoms with Crippen LogP contribution in [0.5, 0.6) is 5.75 Å². The molecule has 2 atom stereocenters. The van der Waals surface area contributed by atoms with Crippen LogP contribution in [0.15, 0.2) is 48.5 Å². The lowest BCUT2D eigenvalue weighted by atomic mass is 9.95. The topological polar surface area (TPSA) is 66.4 Å². The molecule has 0 bridgehead atoms. The highest BCUT2D eigenvalue weighted by atomic mass is 32.2. The lowest BCUT2D eigenvalue weighted by Gasteiger charge is -2.22. The van der Waals surface area contributed by atoms with Crippen molar-refractivity contribution < 1.29 is 22.7 Å². The first-order valence-corrected chi connectivity index (χ1v) is 8.11. The van der Waals surface area contributed by atoms with Gasteiger partial charge in [0.15, 0.2) is 0 Å². The van der Waals surface area contributed by atoms with Crippen LogP contribution < -0.4 is 4.74 Å². The number of fused-ring (bicyclic) bond motifs is 1. The molecule has 6 heteroatoms. The van der Waals surface area contributed by atoms with Gasteiger partial charge in [0.2, 0.25) is 0 Å². The van der Waals surface area contributed by atoms with Crippen LogP contribution in [0.25, 0.3) is 5.76 Å². The van der Waals surface area contributed by atoms with Crippen LogP contribution >= 0.6 is 0 Å². The van der Waals surface area contributed by atoms with Gasteiger partial charge in [-0.25, -0.2) is 4.39 Å². The van der Waals surface area contributed by atoms with Crippen LogP contribution in [0.4, 0.5) is 4.39 Å². The van der Waals surface area contributed by atoms with Crippen molar-refractivity contribution in [1.82, 2.24) is 0 Å². The molecular weight excluding hydrogens is 319 g/mol. The van der Waals surface area contributed by atoms with Gasteiger partial charge in [-0.2, -0.15) is 0 Å². The zero-order chi connectivity index (χ0) is 16.4. The summed E-state index contributed by atoms with van der Waals surface area (Å²) >= 11 is -2.14. The van der Waals surface area contributed by atoms with Crippen LogP contribution in [0, 0.1) is 5.82 Å². The summed E-state index contributed by atoms with van der Waals surface area (Å²) in [5, 5.41) is 0. The molecule has 1 aliphatic rings. The molecule has 0 fully saturated rings. The molecule has 2 unspecified atom stereocenters. The van der Waals surface area contributed by atoms with Crippen LogP contribution in [0.2, 0.25) is 0 Å². The largest absolute Gasteiger partial charge is 0.772 e. The molecule has 0 saturated heterocycles. The molecule has 4 nitrogen and oxygen atoms in total. The van der Waals surface area contributed by atoms with Crippen molar-refractivity contribution in [2.45, 2.75) is 11.7 Å². The number of carbonyl (C=O) groups is 1. The molecule has 1 aliphatic heterocycles. The first-order chi connectivity index (χ1) is 11.1. The van der Waals surface area contributed by atoms with Crippen molar-refractivity contribution in [2.75, 3.05) is 0 Å². The minimum absolute atomic E-state index is 0.0563. The average molecular weight is 331 g/mol. The highest BCUT2D eigenvalue weighted by molar-refractivity contribution is 7.78. The van der Waals surface area contributed by atoms with E-state index in [1.165, 1.54) is 18.2 Å². The number of rotatable bonds is 4. The third-order valence-electron chi connectivity index (χ3n) is 3.55. The third-order valence-corrected chi connectivity index (χ3v) is 4.12. The second-order valence-electron chi connectivity index (χ2n) is 5.12. The Morgan fingerprint density at radius 3 is 2.61 bits per heavy atom. The summed E-state index contributed by atoms with van der Waals surface area (Å²) in [7, 11) is 0. The first-order valence-electron chi connectivity index (χ1n) is 6.86. The second-order valence-corrected chi connectivity index (χ2v) is 6.02. The number of hydrogen-bond donors (Lipinski definition) is 0. The Kier molecular flexibility index (Phi) is 4.36. The number of benzene rings is 2. The van der Waals surface area contributed by atoms with Crippen molar-refractivity contribution in [3.8, 4) is 5.75 Å². The van der Waals surface area contributed by atoms with Crippen LogP contribution in [0.1, 0.15) is 22.6 Å². The highest BCUT2D eigenvalue weighted by Crippen LogP contribution is 2.36. The Labute approximate surface area is 134 Å². The maximum Gasteiger partial charge on any atom is 0.131 e. The maximum atomic E-state index is 13.3. The lowest BCUT2D eigenvalue weighted by Crippen LogP contribution is -2.10. The van der Waals surface area contributed by atoms with Gasteiger partial charge in [0.25, 0.3) is 0 Å². The summed E-state index contributed by atoms with van der Waals surface area (Å²) in [6, 6.07) is 10.9. The molecule has 118 valence electrons. The van der Waals surface area contributed by atoms with Gasteiger partial charge < -0.3 is 14.1 Å².